The molecule has 1 fully saturated rings. The van der Waals surface area contributed by atoms with Gasteiger partial charge in [0.25, 0.3) is 0 Å². The number of amides is 1. The molecule has 5 heteroatoms. The van der Waals surface area contributed by atoms with Crippen LogP contribution in [-0.4, -0.2) is 40.0 Å². The van der Waals surface area contributed by atoms with Gasteiger partial charge in [-0.2, -0.15) is 0 Å². The van der Waals surface area contributed by atoms with Gasteiger partial charge in [0, 0.05) is 11.6 Å². The molecule has 0 spiro atoms. The van der Waals surface area contributed by atoms with E-state index >= 15 is 0 Å². The molecular formula is C12H22N2O3. The Labute approximate surface area is 102 Å². The number of carboxylic acids is 1. The third-order valence-corrected chi connectivity index (χ3v) is 3.70. The lowest BCUT2D eigenvalue weighted by Gasteiger charge is -2.40. The highest BCUT2D eigenvalue weighted by Crippen LogP contribution is 2.35. The largest absolute Gasteiger partial charge is 0.480 e. The minimum atomic E-state index is -0.976. The summed E-state index contributed by atoms with van der Waals surface area (Å²) in [7, 11) is 0. The first-order chi connectivity index (χ1) is 7.57. The summed E-state index contributed by atoms with van der Waals surface area (Å²) in [5.41, 5.74) is 4.55. The number of carboxylic acid groups (broad SMARTS) is 1. The third-order valence-electron chi connectivity index (χ3n) is 3.70. The minimum Gasteiger partial charge on any atom is -0.480 e. The van der Waals surface area contributed by atoms with Crippen LogP contribution in [0.25, 0.3) is 0 Å². The highest BCUT2D eigenvalue weighted by atomic mass is 16.4. The Morgan fingerprint density at radius 3 is 2.06 bits per heavy atom. The van der Waals surface area contributed by atoms with E-state index in [0.29, 0.717) is 0 Å². The van der Waals surface area contributed by atoms with Gasteiger partial charge >= 0.3 is 5.97 Å². The summed E-state index contributed by atoms with van der Waals surface area (Å²) in [6, 6.07) is 0.0835. The van der Waals surface area contributed by atoms with Crippen molar-refractivity contribution in [3.63, 3.8) is 0 Å². The molecule has 0 bridgehead atoms. The lowest BCUT2D eigenvalue weighted by atomic mass is 9.74. The molecule has 1 aliphatic rings. The quantitative estimate of drug-likeness (QED) is 0.747. The standard InChI is InChI=1S/C12H22N2O3/c1-11(2,12(3,4)13)10(17)14(7-9(15)16)8-5-6-8/h8H,5-7,13H2,1-4H3,(H,15,16). The number of nitrogens with two attached hydrogens (primary N) is 1. The molecule has 5 nitrogen and oxygen atoms in total. The van der Waals surface area contributed by atoms with Crippen molar-refractivity contribution < 1.29 is 14.7 Å². The number of hydrogen-bond acceptors (Lipinski definition) is 3. The number of rotatable bonds is 5. The Bertz CT molecular complexity index is 327. The highest BCUT2D eigenvalue weighted by molar-refractivity contribution is 5.87. The van der Waals surface area contributed by atoms with Crippen LogP contribution in [0.1, 0.15) is 40.5 Å². The van der Waals surface area contributed by atoms with Crippen molar-refractivity contribution in [2.75, 3.05) is 6.54 Å². The Morgan fingerprint density at radius 1 is 1.29 bits per heavy atom. The van der Waals surface area contributed by atoms with E-state index in [1.54, 1.807) is 27.7 Å². The van der Waals surface area contributed by atoms with Crippen LogP contribution in [-0.2, 0) is 9.59 Å². The lowest BCUT2D eigenvalue weighted by Crippen LogP contribution is -2.57. The maximum atomic E-state index is 12.4. The van der Waals surface area contributed by atoms with Crippen LogP contribution in [0, 0.1) is 5.41 Å². The highest BCUT2D eigenvalue weighted by Gasteiger charge is 2.46. The van der Waals surface area contributed by atoms with E-state index in [1.807, 2.05) is 0 Å². The Morgan fingerprint density at radius 2 is 1.76 bits per heavy atom. The van der Waals surface area contributed by atoms with Crippen LogP contribution >= 0.6 is 0 Å². The molecule has 0 atom stereocenters. The molecule has 1 amide bonds. The number of carbonyl (C=O) groups excluding carboxylic acids is 1. The molecule has 0 saturated heterocycles. The number of hydrogen-bond donors (Lipinski definition) is 2. The van der Waals surface area contributed by atoms with Gasteiger partial charge in [0.1, 0.15) is 6.54 Å². The van der Waals surface area contributed by atoms with Gasteiger partial charge in [0.15, 0.2) is 0 Å². The molecule has 0 aliphatic heterocycles. The average Bonchev–Trinajstić information content (AvgIpc) is 2.93. The molecule has 0 aromatic heterocycles. The van der Waals surface area contributed by atoms with E-state index in [-0.39, 0.29) is 18.5 Å². The fourth-order valence-corrected chi connectivity index (χ4v) is 1.53. The van der Waals surface area contributed by atoms with E-state index < -0.39 is 16.9 Å². The van der Waals surface area contributed by atoms with Crippen molar-refractivity contribution in [2.45, 2.75) is 52.1 Å². The summed E-state index contributed by atoms with van der Waals surface area (Å²) >= 11 is 0. The Kier molecular flexibility index (Phi) is 3.52. The van der Waals surface area contributed by atoms with Gasteiger partial charge in [-0.25, -0.2) is 0 Å². The first-order valence-corrected chi connectivity index (χ1v) is 5.89. The van der Waals surface area contributed by atoms with Crippen LogP contribution in [0.4, 0.5) is 0 Å². The van der Waals surface area contributed by atoms with Crippen molar-refractivity contribution in [3.8, 4) is 0 Å². The van der Waals surface area contributed by atoms with Crippen LogP contribution in [0.5, 0.6) is 0 Å². The van der Waals surface area contributed by atoms with E-state index in [1.165, 1.54) is 4.90 Å². The first kappa shape index (κ1) is 14.0. The molecule has 0 heterocycles. The zero-order valence-corrected chi connectivity index (χ0v) is 11.0. The van der Waals surface area contributed by atoms with Gasteiger partial charge in [0.2, 0.25) is 5.91 Å². The van der Waals surface area contributed by atoms with Gasteiger partial charge < -0.3 is 15.7 Å². The summed E-state index contributed by atoms with van der Waals surface area (Å²) in [6.45, 7) is 6.88. The maximum absolute atomic E-state index is 12.4. The normalized spacial score (nSPS) is 16.8. The monoisotopic (exact) mass is 242 g/mol. The fourth-order valence-electron chi connectivity index (χ4n) is 1.53. The fraction of sp³-hybridized carbons (Fsp3) is 0.833. The average molecular weight is 242 g/mol. The second kappa shape index (κ2) is 4.29. The molecule has 17 heavy (non-hydrogen) atoms. The van der Waals surface area contributed by atoms with Gasteiger partial charge in [-0.15, -0.1) is 0 Å². The van der Waals surface area contributed by atoms with Gasteiger partial charge in [0.05, 0.1) is 5.41 Å². The third kappa shape index (κ3) is 2.97. The topological polar surface area (TPSA) is 83.6 Å². The second-order valence-corrected chi connectivity index (χ2v) is 5.90. The molecule has 1 saturated carbocycles. The summed E-state index contributed by atoms with van der Waals surface area (Å²) in [5, 5.41) is 8.85. The molecule has 1 aliphatic carbocycles. The molecule has 0 aromatic rings. The maximum Gasteiger partial charge on any atom is 0.323 e. The zero-order valence-electron chi connectivity index (χ0n) is 11.0. The van der Waals surface area contributed by atoms with Crippen molar-refractivity contribution in [2.24, 2.45) is 11.1 Å². The summed E-state index contributed by atoms with van der Waals surface area (Å²) in [6.07, 6.45) is 1.78. The van der Waals surface area contributed by atoms with Crippen molar-refractivity contribution in [1.29, 1.82) is 0 Å². The van der Waals surface area contributed by atoms with Crippen molar-refractivity contribution in [3.05, 3.63) is 0 Å². The van der Waals surface area contributed by atoms with Gasteiger partial charge in [-0.1, -0.05) is 0 Å². The van der Waals surface area contributed by atoms with E-state index in [0.717, 1.165) is 12.8 Å². The molecule has 0 radical (unpaired) electrons. The minimum absolute atomic E-state index is 0.0835. The van der Waals surface area contributed by atoms with E-state index in [4.69, 9.17) is 10.8 Å². The number of carbonyl (C=O) groups is 2. The second-order valence-electron chi connectivity index (χ2n) is 5.90. The predicted molar refractivity (Wildman–Crippen MR) is 64.4 cm³/mol. The van der Waals surface area contributed by atoms with Gasteiger partial charge in [-0.3, -0.25) is 9.59 Å². The Balaban J connectivity index is 2.88. The number of aliphatic carboxylic acids is 1. The van der Waals surface area contributed by atoms with Crippen LogP contribution in [0.3, 0.4) is 0 Å². The summed E-state index contributed by atoms with van der Waals surface area (Å²) < 4.78 is 0. The van der Waals surface area contributed by atoms with Crippen molar-refractivity contribution in [1.82, 2.24) is 4.90 Å². The molecule has 3 N–H and O–H groups in total. The van der Waals surface area contributed by atoms with E-state index in [2.05, 4.69) is 0 Å². The Hall–Kier alpha value is -1.10. The van der Waals surface area contributed by atoms with E-state index in [9.17, 15) is 9.59 Å². The van der Waals surface area contributed by atoms with Crippen LogP contribution < -0.4 is 5.73 Å². The molecule has 1 rings (SSSR count). The summed E-state index contributed by atoms with van der Waals surface area (Å²) in [5.74, 6) is -1.15. The molecule has 98 valence electrons. The van der Waals surface area contributed by atoms with Gasteiger partial charge in [-0.05, 0) is 40.5 Å². The van der Waals surface area contributed by atoms with Crippen LogP contribution in [0.15, 0.2) is 0 Å². The summed E-state index contributed by atoms with van der Waals surface area (Å²) in [4.78, 5) is 24.7. The van der Waals surface area contributed by atoms with Crippen LogP contribution in [0.2, 0.25) is 0 Å². The number of nitrogens with zero attached hydrogens (tertiary/aromatic N) is 1. The smallest absolute Gasteiger partial charge is 0.323 e. The lowest BCUT2D eigenvalue weighted by molar-refractivity contribution is -0.151. The molecule has 0 aromatic carbocycles. The SMILES string of the molecule is CC(C)(N)C(C)(C)C(=O)N(CC(=O)O)C1CC1. The molecule has 0 unspecified atom stereocenters. The molecular weight excluding hydrogens is 220 g/mol. The van der Waals surface area contributed by atoms with Crippen molar-refractivity contribution >= 4 is 11.9 Å². The predicted octanol–water partition coefficient (Wildman–Crippen LogP) is 0.826. The zero-order chi connectivity index (χ0) is 13.4. The first-order valence-electron chi connectivity index (χ1n) is 5.89.